The summed E-state index contributed by atoms with van der Waals surface area (Å²) in [5, 5.41) is 0. The third-order valence-electron chi connectivity index (χ3n) is 7.46. The van der Waals surface area contributed by atoms with Crippen molar-refractivity contribution in [2.45, 2.75) is 118 Å². The van der Waals surface area contributed by atoms with Crippen molar-refractivity contribution in [3.8, 4) is 0 Å². The van der Waals surface area contributed by atoms with Gasteiger partial charge in [0.05, 0.1) is 0 Å². The number of hydrogen-bond donors (Lipinski definition) is 0. The fourth-order valence-corrected chi connectivity index (χ4v) is 4.80. The molecule has 1 aliphatic carbocycles. The largest absolute Gasteiger partial charge is 0.300 e. The van der Waals surface area contributed by atoms with E-state index < -0.39 is 0 Å². The summed E-state index contributed by atoms with van der Waals surface area (Å²) < 4.78 is 0. The highest BCUT2D eigenvalue weighted by Crippen LogP contribution is 2.32. The molecule has 0 amide bonds. The third kappa shape index (κ3) is 13.1. The van der Waals surface area contributed by atoms with Crippen LogP contribution in [0.1, 0.15) is 117 Å². The molecule has 0 fully saturated rings. The minimum absolute atomic E-state index is 0.350. The Morgan fingerprint density at radius 1 is 0.735 bits per heavy atom. The van der Waals surface area contributed by atoms with Gasteiger partial charge in [-0.3, -0.25) is 4.79 Å². The number of unbranched alkanes of at least 4 members (excludes halogenated alkanes) is 2. The third-order valence-corrected chi connectivity index (χ3v) is 7.46. The van der Waals surface area contributed by atoms with Crippen LogP contribution in [0.3, 0.4) is 0 Å². The van der Waals surface area contributed by atoms with E-state index in [1.54, 1.807) is 5.57 Å². The van der Waals surface area contributed by atoms with Crippen LogP contribution in [0.4, 0.5) is 0 Å². The van der Waals surface area contributed by atoms with Crippen LogP contribution in [0.5, 0.6) is 0 Å². The summed E-state index contributed by atoms with van der Waals surface area (Å²) in [7, 11) is 0. The second-order valence-electron chi connectivity index (χ2n) is 11.9. The molecule has 0 aromatic heterocycles. The highest BCUT2D eigenvalue weighted by Gasteiger charge is 2.19. The van der Waals surface area contributed by atoms with E-state index in [1.165, 1.54) is 50.5 Å². The maximum Gasteiger partial charge on any atom is 0.132 e. The zero-order chi connectivity index (χ0) is 24.7. The number of carbonyl (C=O) groups is 1. The molecule has 0 aliphatic heterocycles. The van der Waals surface area contributed by atoms with Crippen molar-refractivity contribution in [2.24, 2.45) is 10.8 Å². The zero-order valence-electron chi connectivity index (χ0n) is 22.6. The minimum Gasteiger partial charge on any atom is -0.300 e. The molecule has 188 valence electrons. The molecule has 1 nitrogen and oxygen atoms in total. The molecule has 0 N–H and O–H groups in total. The van der Waals surface area contributed by atoms with Crippen molar-refractivity contribution < 1.29 is 4.79 Å². The molecule has 1 heteroatoms. The Morgan fingerprint density at radius 2 is 1.35 bits per heavy atom. The molecule has 1 aromatic rings. The van der Waals surface area contributed by atoms with Gasteiger partial charge in [-0.05, 0) is 80.6 Å². The van der Waals surface area contributed by atoms with Crippen LogP contribution >= 0.6 is 0 Å². The molecule has 0 radical (unpaired) electrons. The van der Waals surface area contributed by atoms with Gasteiger partial charge in [-0.25, -0.2) is 0 Å². The van der Waals surface area contributed by atoms with Gasteiger partial charge in [0, 0.05) is 12.8 Å². The molecule has 0 heterocycles. The second-order valence-corrected chi connectivity index (χ2v) is 11.9. The van der Waals surface area contributed by atoms with Gasteiger partial charge in [-0.15, -0.1) is 0 Å². The van der Waals surface area contributed by atoms with E-state index in [0.29, 0.717) is 16.6 Å². The van der Waals surface area contributed by atoms with E-state index in [2.05, 4.69) is 88.4 Å². The quantitative estimate of drug-likeness (QED) is 0.176. The first kappa shape index (κ1) is 28.3. The fourth-order valence-electron chi connectivity index (χ4n) is 4.80. The predicted molar refractivity (Wildman–Crippen MR) is 149 cm³/mol. The van der Waals surface area contributed by atoms with E-state index in [-0.39, 0.29) is 0 Å². The molecule has 0 spiro atoms. The lowest BCUT2D eigenvalue weighted by molar-refractivity contribution is -0.119. The topological polar surface area (TPSA) is 17.1 Å². The molecule has 0 saturated carbocycles. The van der Waals surface area contributed by atoms with Crippen LogP contribution in [0.2, 0.25) is 0 Å². The number of hydrogen-bond acceptors (Lipinski definition) is 1. The summed E-state index contributed by atoms with van der Waals surface area (Å²) in [6.45, 7) is 9.54. The van der Waals surface area contributed by atoms with Crippen molar-refractivity contribution in [3.63, 3.8) is 0 Å². The molecular weight excluding hydrogens is 412 g/mol. The number of benzene rings is 1. The van der Waals surface area contributed by atoms with E-state index in [0.717, 1.165) is 44.9 Å². The van der Waals surface area contributed by atoms with Crippen LogP contribution in [0.25, 0.3) is 0 Å². The van der Waals surface area contributed by atoms with E-state index >= 15 is 0 Å². The molecule has 0 unspecified atom stereocenters. The Bertz CT molecular complexity index is 791. The molecule has 2 rings (SSSR count). The number of aryl methyl sites for hydroxylation is 1. The Hall–Kier alpha value is -1.89. The van der Waals surface area contributed by atoms with E-state index in [9.17, 15) is 4.79 Å². The minimum atomic E-state index is 0.350. The molecule has 34 heavy (non-hydrogen) atoms. The molecule has 1 aliphatic rings. The van der Waals surface area contributed by atoms with Crippen LogP contribution in [0, 0.1) is 10.8 Å². The van der Waals surface area contributed by atoms with Crippen molar-refractivity contribution >= 4 is 5.78 Å². The van der Waals surface area contributed by atoms with Gasteiger partial charge < -0.3 is 0 Å². The first-order valence-corrected chi connectivity index (χ1v) is 13.8. The van der Waals surface area contributed by atoms with E-state index in [1.807, 2.05) is 0 Å². The normalized spacial score (nSPS) is 17.9. The summed E-state index contributed by atoms with van der Waals surface area (Å²) in [6, 6.07) is 10.8. The van der Waals surface area contributed by atoms with Gasteiger partial charge in [-0.2, -0.15) is 0 Å². The van der Waals surface area contributed by atoms with Crippen molar-refractivity contribution in [3.05, 3.63) is 71.8 Å². The van der Waals surface area contributed by atoms with Gasteiger partial charge in [0.15, 0.2) is 0 Å². The monoisotopic (exact) mass is 462 g/mol. The van der Waals surface area contributed by atoms with Crippen LogP contribution in [-0.4, -0.2) is 5.78 Å². The number of ketones is 1. The highest BCUT2D eigenvalue weighted by molar-refractivity contribution is 5.78. The maximum absolute atomic E-state index is 12.4. The molecule has 0 atom stereocenters. The van der Waals surface area contributed by atoms with Gasteiger partial charge in [0.1, 0.15) is 5.78 Å². The second kappa shape index (κ2) is 15.2. The van der Waals surface area contributed by atoms with Gasteiger partial charge in [-0.1, -0.05) is 107 Å². The van der Waals surface area contributed by atoms with Crippen LogP contribution < -0.4 is 0 Å². The zero-order valence-corrected chi connectivity index (χ0v) is 22.6. The lowest BCUT2D eigenvalue weighted by Crippen LogP contribution is -2.13. The Balaban J connectivity index is 1.53. The van der Waals surface area contributed by atoms with Crippen LogP contribution in [0.15, 0.2) is 66.3 Å². The average Bonchev–Trinajstić information content (AvgIpc) is 2.78. The summed E-state index contributed by atoms with van der Waals surface area (Å²) in [6.07, 6.45) is 26.7. The predicted octanol–water partition coefficient (Wildman–Crippen LogP) is 9.97. The molecule has 0 saturated heterocycles. The first-order valence-electron chi connectivity index (χ1n) is 13.8. The number of Topliss-reactive ketones (excluding diaryl/α,β-unsaturated/α-hetero) is 1. The average molecular weight is 463 g/mol. The highest BCUT2D eigenvalue weighted by atomic mass is 16.1. The number of carbonyl (C=O) groups excluding carboxylic acids is 1. The van der Waals surface area contributed by atoms with E-state index in [4.69, 9.17) is 0 Å². The fraction of sp³-hybridized carbons (Fsp3) is 0.606. The van der Waals surface area contributed by atoms with Gasteiger partial charge >= 0.3 is 0 Å². The Morgan fingerprint density at radius 3 is 2.00 bits per heavy atom. The molecule has 0 bridgehead atoms. The first-order chi connectivity index (χ1) is 16.3. The summed E-state index contributed by atoms with van der Waals surface area (Å²) in [4.78, 5) is 12.4. The lowest BCUT2D eigenvalue weighted by Gasteiger charge is -2.25. The number of allylic oxidation sites excluding steroid dienone is 6. The Labute approximate surface area is 210 Å². The van der Waals surface area contributed by atoms with Gasteiger partial charge in [0.25, 0.3) is 0 Å². The summed E-state index contributed by atoms with van der Waals surface area (Å²) in [5.74, 6) is 0.471. The number of rotatable bonds is 16. The molecular formula is C33H50O. The van der Waals surface area contributed by atoms with Crippen molar-refractivity contribution in [1.82, 2.24) is 0 Å². The van der Waals surface area contributed by atoms with Crippen molar-refractivity contribution in [2.75, 3.05) is 0 Å². The smallest absolute Gasteiger partial charge is 0.132 e. The SMILES string of the molecule is CC(C)(CCCCC(=O)CCCCC(C)(C)CCc1ccccc1)CC/C1=C/C=C\C/C=C\C1. The summed E-state index contributed by atoms with van der Waals surface area (Å²) >= 11 is 0. The van der Waals surface area contributed by atoms with Gasteiger partial charge in [0.2, 0.25) is 0 Å². The Kier molecular flexibility index (Phi) is 12.7. The standard InChI is InChI=1S/C33H50O/c1-32(2,27-23-29-17-9-6-5-7-10-18-29)25-15-13-21-31(34)22-14-16-26-33(3,4)28-24-30-19-11-8-12-20-30/h6-12,17,19-20H,5,13-16,18,21-28H2,1-4H3/b9-6-,10-7-,29-17+. The maximum atomic E-state index is 12.4. The molecule has 1 aromatic carbocycles. The van der Waals surface area contributed by atoms with Crippen LogP contribution in [-0.2, 0) is 11.2 Å². The lowest BCUT2D eigenvalue weighted by atomic mass is 9.80. The van der Waals surface area contributed by atoms with Crippen molar-refractivity contribution in [1.29, 1.82) is 0 Å². The summed E-state index contributed by atoms with van der Waals surface area (Å²) in [5.41, 5.74) is 3.67.